The molecule has 1 atom stereocenters. The summed E-state index contributed by atoms with van der Waals surface area (Å²) < 4.78 is 0. The molecular formula is C25H22N4O5. The minimum absolute atomic E-state index is 0.0468. The van der Waals surface area contributed by atoms with Crippen molar-refractivity contribution in [1.82, 2.24) is 15.5 Å². The maximum Gasteiger partial charge on any atom is 0.319 e. The molecule has 1 saturated heterocycles. The van der Waals surface area contributed by atoms with Crippen molar-refractivity contribution in [1.29, 1.82) is 0 Å². The molecule has 5 rings (SSSR count). The number of aromatic hydroxyl groups is 1. The maximum atomic E-state index is 12.8. The van der Waals surface area contributed by atoms with Crippen molar-refractivity contribution in [3.05, 3.63) is 71.3 Å². The Morgan fingerprint density at radius 1 is 1.06 bits per heavy atom. The summed E-state index contributed by atoms with van der Waals surface area (Å²) in [4.78, 5) is 50.2. The SMILES string of the molecule is O=C1CCC(N2Cc3c(ccc(CNC(=O)Nc4ccc5ccccc5c4)c3O)C2=O)C(=O)N1. The molecule has 9 heteroatoms. The Kier molecular flexibility index (Phi) is 5.37. The van der Waals surface area contributed by atoms with E-state index in [1.54, 1.807) is 12.1 Å². The molecule has 0 bridgehead atoms. The number of hydrogen-bond acceptors (Lipinski definition) is 5. The summed E-state index contributed by atoms with van der Waals surface area (Å²) in [6.45, 7) is 0.106. The van der Waals surface area contributed by atoms with Crippen LogP contribution in [0.4, 0.5) is 10.5 Å². The Hall–Kier alpha value is -4.40. The van der Waals surface area contributed by atoms with Gasteiger partial charge in [0.25, 0.3) is 5.91 Å². The van der Waals surface area contributed by atoms with Gasteiger partial charge < -0.3 is 20.6 Å². The molecule has 172 valence electrons. The van der Waals surface area contributed by atoms with Crippen LogP contribution in [0.5, 0.6) is 5.75 Å². The summed E-state index contributed by atoms with van der Waals surface area (Å²) in [5.74, 6) is -1.33. The van der Waals surface area contributed by atoms with Gasteiger partial charge in [0.1, 0.15) is 11.8 Å². The number of piperidine rings is 1. The molecule has 0 saturated carbocycles. The minimum Gasteiger partial charge on any atom is -0.507 e. The molecule has 9 nitrogen and oxygen atoms in total. The first-order valence-corrected chi connectivity index (χ1v) is 10.9. The van der Waals surface area contributed by atoms with E-state index < -0.39 is 18.0 Å². The highest BCUT2D eigenvalue weighted by atomic mass is 16.3. The highest BCUT2D eigenvalue weighted by molar-refractivity contribution is 6.05. The first kappa shape index (κ1) is 21.4. The van der Waals surface area contributed by atoms with E-state index in [0.29, 0.717) is 22.4 Å². The average Bonchev–Trinajstić information content (AvgIpc) is 3.15. The largest absolute Gasteiger partial charge is 0.507 e. The van der Waals surface area contributed by atoms with Crippen molar-refractivity contribution in [2.45, 2.75) is 32.0 Å². The fourth-order valence-corrected chi connectivity index (χ4v) is 4.43. The summed E-state index contributed by atoms with van der Waals surface area (Å²) in [5, 5.41) is 20.6. The van der Waals surface area contributed by atoms with Crippen molar-refractivity contribution in [2.24, 2.45) is 0 Å². The predicted octanol–water partition coefficient (Wildman–Crippen LogP) is 2.63. The van der Waals surface area contributed by atoms with Crippen LogP contribution in [0.3, 0.4) is 0 Å². The lowest BCUT2D eigenvalue weighted by molar-refractivity contribution is -0.136. The molecule has 0 spiro atoms. The Balaban J connectivity index is 1.25. The third-order valence-corrected chi connectivity index (χ3v) is 6.22. The zero-order chi connectivity index (χ0) is 23.8. The molecule has 0 radical (unpaired) electrons. The molecule has 1 fully saturated rings. The number of fused-ring (bicyclic) bond motifs is 2. The van der Waals surface area contributed by atoms with Crippen LogP contribution in [0.2, 0.25) is 0 Å². The monoisotopic (exact) mass is 458 g/mol. The van der Waals surface area contributed by atoms with Crippen LogP contribution >= 0.6 is 0 Å². The number of benzene rings is 3. The molecular weight excluding hydrogens is 436 g/mol. The van der Waals surface area contributed by atoms with Crippen LogP contribution < -0.4 is 16.0 Å². The lowest BCUT2D eigenvalue weighted by Gasteiger charge is -2.29. The van der Waals surface area contributed by atoms with Crippen LogP contribution in [0.1, 0.15) is 34.3 Å². The summed E-state index contributed by atoms with van der Waals surface area (Å²) >= 11 is 0. The van der Waals surface area contributed by atoms with Crippen molar-refractivity contribution in [3.8, 4) is 5.75 Å². The quantitative estimate of drug-likeness (QED) is 0.447. The average molecular weight is 458 g/mol. The lowest BCUT2D eigenvalue weighted by atomic mass is 10.0. The van der Waals surface area contributed by atoms with E-state index in [0.717, 1.165) is 10.8 Å². The number of amides is 5. The van der Waals surface area contributed by atoms with Crippen molar-refractivity contribution < 1.29 is 24.3 Å². The van der Waals surface area contributed by atoms with E-state index in [-0.39, 0.29) is 43.5 Å². The smallest absolute Gasteiger partial charge is 0.319 e. The molecule has 0 aromatic heterocycles. The van der Waals surface area contributed by atoms with Gasteiger partial charge >= 0.3 is 6.03 Å². The van der Waals surface area contributed by atoms with Crippen molar-refractivity contribution in [2.75, 3.05) is 5.32 Å². The number of phenols is 1. The first-order chi connectivity index (χ1) is 16.4. The Morgan fingerprint density at radius 3 is 2.65 bits per heavy atom. The van der Waals surface area contributed by atoms with Gasteiger partial charge in [-0.3, -0.25) is 19.7 Å². The molecule has 5 amide bonds. The third-order valence-electron chi connectivity index (χ3n) is 6.22. The summed E-state index contributed by atoms with van der Waals surface area (Å²) in [6, 6.07) is 15.4. The summed E-state index contributed by atoms with van der Waals surface area (Å²) in [5.41, 5.74) is 1.81. The van der Waals surface area contributed by atoms with Crippen LogP contribution in [-0.4, -0.2) is 39.8 Å². The normalized spacial score (nSPS) is 17.5. The lowest BCUT2D eigenvalue weighted by Crippen LogP contribution is -2.52. The minimum atomic E-state index is -0.758. The second kappa shape index (κ2) is 8.51. The fraction of sp³-hybridized carbons (Fsp3) is 0.200. The number of rotatable bonds is 4. The van der Waals surface area contributed by atoms with Crippen LogP contribution in [0.25, 0.3) is 10.8 Å². The van der Waals surface area contributed by atoms with Gasteiger partial charge in [-0.25, -0.2) is 4.79 Å². The van der Waals surface area contributed by atoms with Gasteiger partial charge in [0, 0.05) is 35.3 Å². The Morgan fingerprint density at radius 2 is 1.85 bits per heavy atom. The molecule has 4 N–H and O–H groups in total. The zero-order valence-electron chi connectivity index (χ0n) is 18.1. The summed E-state index contributed by atoms with van der Waals surface area (Å²) in [6.07, 6.45) is 0.401. The molecule has 3 aromatic carbocycles. The van der Waals surface area contributed by atoms with E-state index in [4.69, 9.17) is 0 Å². The highest BCUT2D eigenvalue weighted by Crippen LogP contribution is 2.35. The van der Waals surface area contributed by atoms with E-state index in [2.05, 4.69) is 16.0 Å². The molecule has 3 aromatic rings. The van der Waals surface area contributed by atoms with Crippen LogP contribution in [0.15, 0.2) is 54.6 Å². The Labute approximate surface area is 194 Å². The van der Waals surface area contributed by atoms with Gasteiger partial charge in [-0.2, -0.15) is 0 Å². The molecule has 1 unspecified atom stereocenters. The van der Waals surface area contributed by atoms with Gasteiger partial charge in [-0.15, -0.1) is 0 Å². The van der Waals surface area contributed by atoms with Crippen molar-refractivity contribution in [3.63, 3.8) is 0 Å². The van der Waals surface area contributed by atoms with E-state index in [1.165, 1.54) is 4.90 Å². The molecule has 34 heavy (non-hydrogen) atoms. The van der Waals surface area contributed by atoms with Gasteiger partial charge in [0.05, 0.1) is 6.54 Å². The van der Waals surface area contributed by atoms with Crippen molar-refractivity contribution >= 4 is 40.2 Å². The number of phenolic OH excluding ortho intramolecular Hbond substituents is 1. The number of nitrogens with one attached hydrogen (secondary N) is 3. The van der Waals surface area contributed by atoms with Gasteiger partial charge in [-0.1, -0.05) is 36.4 Å². The van der Waals surface area contributed by atoms with E-state index in [9.17, 15) is 24.3 Å². The topological polar surface area (TPSA) is 128 Å². The predicted molar refractivity (Wildman–Crippen MR) is 124 cm³/mol. The summed E-state index contributed by atoms with van der Waals surface area (Å²) in [7, 11) is 0. The second-order valence-electron chi connectivity index (χ2n) is 8.37. The zero-order valence-corrected chi connectivity index (χ0v) is 18.1. The van der Waals surface area contributed by atoms with Gasteiger partial charge in [-0.05, 0) is 35.4 Å². The molecule has 0 aliphatic carbocycles. The number of hydrogen-bond donors (Lipinski definition) is 4. The van der Waals surface area contributed by atoms with E-state index in [1.807, 2.05) is 42.5 Å². The molecule has 2 heterocycles. The first-order valence-electron chi connectivity index (χ1n) is 10.9. The fourth-order valence-electron chi connectivity index (χ4n) is 4.43. The maximum absolute atomic E-state index is 12.8. The molecule has 2 aliphatic rings. The van der Waals surface area contributed by atoms with Crippen LogP contribution in [-0.2, 0) is 22.7 Å². The van der Waals surface area contributed by atoms with Gasteiger partial charge in [0.2, 0.25) is 11.8 Å². The number of anilines is 1. The number of nitrogens with zero attached hydrogens (tertiary/aromatic N) is 1. The number of carbonyl (C=O) groups is 4. The number of urea groups is 1. The second-order valence-corrected chi connectivity index (χ2v) is 8.37. The molecule has 2 aliphatic heterocycles. The van der Waals surface area contributed by atoms with E-state index >= 15 is 0 Å². The number of imide groups is 1. The van der Waals surface area contributed by atoms with Gasteiger partial charge in [0.15, 0.2) is 0 Å². The Bertz CT molecular complexity index is 1350. The standard InChI is InChI=1S/C25H22N4O5/c30-21-10-9-20(23(32)28-21)29-13-19-18(24(29)33)8-6-16(22(19)31)12-26-25(34)27-17-7-5-14-3-1-2-4-15(14)11-17/h1-8,11,20,31H,9-10,12-13H2,(H2,26,27,34)(H,28,30,32). The third kappa shape index (κ3) is 3.92. The number of carbonyl (C=O) groups excluding carboxylic acids is 4. The van der Waals surface area contributed by atoms with Crippen LogP contribution in [0, 0.1) is 0 Å². The highest BCUT2D eigenvalue weighted by Gasteiger charge is 2.40.